The number of halogens is 2. The molecule has 0 spiro atoms. The molecule has 3 rings (SSSR count). The summed E-state index contributed by atoms with van der Waals surface area (Å²) in [6.07, 6.45) is 0.343. The first kappa shape index (κ1) is 30.5. The lowest BCUT2D eigenvalue weighted by Crippen LogP contribution is -2.52. The normalized spacial score (nSPS) is 12.2. The van der Waals surface area contributed by atoms with Crippen molar-refractivity contribution in [1.29, 1.82) is 0 Å². The number of anilines is 1. The second-order valence-electron chi connectivity index (χ2n) is 9.51. The number of hydrogen-bond acceptors (Lipinski definition) is 4. The largest absolute Gasteiger partial charge is 0.354 e. The number of carbonyl (C=O) groups is 2. The van der Waals surface area contributed by atoms with E-state index in [1.807, 2.05) is 20.8 Å². The molecule has 1 atom stereocenters. The molecule has 208 valence electrons. The number of hydrogen-bond donors (Lipinski definition) is 1. The monoisotopic (exact) mass is 589 g/mol. The Kier molecular flexibility index (Phi) is 10.8. The van der Waals surface area contributed by atoms with Crippen LogP contribution in [-0.4, -0.2) is 44.3 Å². The van der Waals surface area contributed by atoms with Crippen molar-refractivity contribution in [2.45, 2.75) is 44.7 Å². The van der Waals surface area contributed by atoms with Gasteiger partial charge in [0.2, 0.25) is 11.8 Å². The van der Waals surface area contributed by atoms with Crippen molar-refractivity contribution >= 4 is 50.7 Å². The molecule has 1 N–H and O–H groups in total. The molecule has 39 heavy (non-hydrogen) atoms. The fourth-order valence-electron chi connectivity index (χ4n) is 3.98. The van der Waals surface area contributed by atoms with E-state index in [1.54, 1.807) is 66.7 Å². The van der Waals surface area contributed by atoms with Gasteiger partial charge in [-0.1, -0.05) is 74.3 Å². The van der Waals surface area contributed by atoms with E-state index in [4.69, 9.17) is 23.2 Å². The Morgan fingerprint density at radius 3 is 1.97 bits per heavy atom. The first-order chi connectivity index (χ1) is 18.5. The van der Waals surface area contributed by atoms with Crippen LogP contribution in [-0.2, 0) is 26.2 Å². The minimum Gasteiger partial charge on any atom is -0.354 e. The van der Waals surface area contributed by atoms with E-state index in [-0.39, 0.29) is 29.0 Å². The third-order valence-electron chi connectivity index (χ3n) is 6.06. The lowest BCUT2D eigenvalue weighted by molar-refractivity contribution is -0.140. The van der Waals surface area contributed by atoms with E-state index in [0.717, 1.165) is 9.87 Å². The van der Waals surface area contributed by atoms with Gasteiger partial charge in [0.15, 0.2) is 0 Å². The first-order valence-corrected chi connectivity index (χ1v) is 14.9. The summed E-state index contributed by atoms with van der Waals surface area (Å²) in [5.41, 5.74) is 1.03. The summed E-state index contributed by atoms with van der Waals surface area (Å²) in [6.45, 7) is 5.83. The zero-order valence-corrected chi connectivity index (χ0v) is 24.5. The van der Waals surface area contributed by atoms with Crippen molar-refractivity contribution in [3.63, 3.8) is 0 Å². The summed E-state index contributed by atoms with van der Waals surface area (Å²) in [6, 6.07) is 20.3. The standard InChI is InChI=1S/C29H33Cl2N3O4S/c1-4-27(29(36)32-18-21(2)3)33(19-22-10-12-23(30)13-11-22)28(35)20-34(25-16-14-24(31)15-17-25)39(37,38)26-8-6-5-7-9-26/h5-17,21,27H,4,18-20H2,1-3H3,(H,32,36)/t27-/m0/s1. The molecular formula is C29H33Cl2N3O4S. The quantitative estimate of drug-likeness (QED) is 0.290. The number of amides is 2. The summed E-state index contributed by atoms with van der Waals surface area (Å²) >= 11 is 12.1. The van der Waals surface area contributed by atoms with Gasteiger partial charge >= 0.3 is 0 Å². The van der Waals surface area contributed by atoms with Gasteiger partial charge in [0.05, 0.1) is 10.6 Å². The van der Waals surface area contributed by atoms with E-state index in [9.17, 15) is 18.0 Å². The molecule has 7 nitrogen and oxygen atoms in total. The highest BCUT2D eigenvalue weighted by molar-refractivity contribution is 7.92. The average Bonchev–Trinajstić information content (AvgIpc) is 2.92. The third-order valence-corrected chi connectivity index (χ3v) is 8.35. The Bertz CT molecular complexity index is 1350. The number of benzene rings is 3. The Morgan fingerprint density at radius 1 is 0.872 bits per heavy atom. The topological polar surface area (TPSA) is 86.8 Å². The van der Waals surface area contributed by atoms with E-state index < -0.39 is 28.5 Å². The van der Waals surface area contributed by atoms with Gasteiger partial charge in [0.1, 0.15) is 12.6 Å². The molecular weight excluding hydrogens is 557 g/mol. The Labute approximate surface area is 240 Å². The number of rotatable bonds is 12. The predicted molar refractivity (Wildman–Crippen MR) is 156 cm³/mol. The van der Waals surface area contributed by atoms with Crippen molar-refractivity contribution in [3.05, 3.63) is 94.5 Å². The SMILES string of the molecule is CC[C@@H](C(=O)NCC(C)C)N(Cc1ccc(Cl)cc1)C(=O)CN(c1ccc(Cl)cc1)S(=O)(=O)c1ccccc1. The van der Waals surface area contributed by atoms with Gasteiger partial charge in [-0.25, -0.2) is 8.42 Å². The molecule has 0 heterocycles. The summed E-state index contributed by atoms with van der Waals surface area (Å²) in [5, 5.41) is 3.88. The Balaban J connectivity index is 2.02. The van der Waals surface area contributed by atoms with Crippen molar-refractivity contribution in [3.8, 4) is 0 Å². The second kappa shape index (κ2) is 13.8. The summed E-state index contributed by atoms with van der Waals surface area (Å²) < 4.78 is 28.6. The summed E-state index contributed by atoms with van der Waals surface area (Å²) in [4.78, 5) is 28.7. The molecule has 3 aromatic rings. The van der Waals surface area contributed by atoms with Crippen molar-refractivity contribution in [1.82, 2.24) is 10.2 Å². The van der Waals surface area contributed by atoms with Gasteiger partial charge in [0.25, 0.3) is 10.0 Å². The van der Waals surface area contributed by atoms with Gasteiger partial charge in [-0.3, -0.25) is 13.9 Å². The molecule has 3 aromatic carbocycles. The second-order valence-corrected chi connectivity index (χ2v) is 12.2. The maximum atomic E-state index is 14.0. The molecule has 2 amide bonds. The first-order valence-electron chi connectivity index (χ1n) is 12.7. The minimum atomic E-state index is -4.12. The highest BCUT2D eigenvalue weighted by Crippen LogP contribution is 2.26. The van der Waals surface area contributed by atoms with Crippen LogP contribution in [0.25, 0.3) is 0 Å². The molecule has 0 unspecified atom stereocenters. The zero-order chi connectivity index (χ0) is 28.6. The van der Waals surface area contributed by atoms with Crippen LogP contribution >= 0.6 is 23.2 Å². The average molecular weight is 591 g/mol. The zero-order valence-electron chi connectivity index (χ0n) is 22.2. The van der Waals surface area contributed by atoms with E-state index in [2.05, 4.69) is 5.32 Å². The molecule has 0 saturated carbocycles. The van der Waals surface area contributed by atoms with Crippen molar-refractivity contribution < 1.29 is 18.0 Å². The number of carbonyl (C=O) groups excluding carboxylic acids is 2. The van der Waals surface area contributed by atoms with E-state index >= 15 is 0 Å². The smallest absolute Gasteiger partial charge is 0.264 e. The molecule has 0 aliphatic carbocycles. The molecule has 0 aromatic heterocycles. The molecule has 10 heteroatoms. The lowest BCUT2D eigenvalue weighted by Gasteiger charge is -2.33. The van der Waals surface area contributed by atoms with Crippen LogP contribution < -0.4 is 9.62 Å². The van der Waals surface area contributed by atoms with Crippen LogP contribution in [0.3, 0.4) is 0 Å². The maximum absolute atomic E-state index is 14.0. The highest BCUT2D eigenvalue weighted by atomic mass is 35.5. The van der Waals surface area contributed by atoms with Crippen molar-refractivity contribution in [2.75, 3.05) is 17.4 Å². The molecule has 0 aliphatic rings. The van der Waals surface area contributed by atoms with Crippen LogP contribution in [0.15, 0.2) is 83.8 Å². The predicted octanol–water partition coefficient (Wildman–Crippen LogP) is 5.77. The van der Waals surface area contributed by atoms with E-state index in [1.165, 1.54) is 17.0 Å². The molecule has 0 bridgehead atoms. The molecule has 0 aliphatic heterocycles. The molecule has 0 radical (unpaired) electrons. The highest BCUT2D eigenvalue weighted by Gasteiger charge is 2.33. The van der Waals surface area contributed by atoms with Crippen LogP contribution in [0.1, 0.15) is 32.8 Å². The third kappa shape index (κ3) is 8.21. The Hall–Kier alpha value is -3.07. The van der Waals surface area contributed by atoms with Crippen LogP contribution in [0.2, 0.25) is 10.0 Å². The fraction of sp³-hybridized carbons (Fsp3) is 0.310. The van der Waals surface area contributed by atoms with Gasteiger partial charge in [-0.15, -0.1) is 0 Å². The molecule has 0 saturated heterocycles. The number of nitrogens with zero attached hydrogens (tertiary/aromatic N) is 2. The fourth-order valence-corrected chi connectivity index (χ4v) is 5.67. The van der Waals surface area contributed by atoms with Gasteiger partial charge in [-0.2, -0.15) is 0 Å². The molecule has 0 fully saturated rings. The van der Waals surface area contributed by atoms with Crippen LogP contribution in [0.5, 0.6) is 0 Å². The Morgan fingerprint density at radius 2 is 1.44 bits per heavy atom. The minimum absolute atomic E-state index is 0.0405. The summed E-state index contributed by atoms with van der Waals surface area (Å²) in [7, 11) is -4.12. The van der Waals surface area contributed by atoms with Gasteiger partial charge in [0, 0.05) is 23.1 Å². The van der Waals surface area contributed by atoms with Crippen LogP contribution in [0, 0.1) is 5.92 Å². The lowest BCUT2D eigenvalue weighted by atomic mass is 10.1. The number of sulfonamides is 1. The van der Waals surface area contributed by atoms with Gasteiger partial charge in [-0.05, 0) is 66.4 Å². The van der Waals surface area contributed by atoms with E-state index in [0.29, 0.717) is 23.0 Å². The van der Waals surface area contributed by atoms with Gasteiger partial charge < -0.3 is 10.2 Å². The summed E-state index contributed by atoms with van der Waals surface area (Å²) in [5.74, 6) is -0.591. The number of nitrogens with one attached hydrogen (secondary N) is 1. The maximum Gasteiger partial charge on any atom is 0.264 e. The van der Waals surface area contributed by atoms with Crippen LogP contribution in [0.4, 0.5) is 5.69 Å². The van der Waals surface area contributed by atoms with Crippen molar-refractivity contribution in [2.24, 2.45) is 5.92 Å².